The van der Waals surface area contributed by atoms with Gasteiger partial charge in [-0.1, -0.05) is 32.8 Å². The molecule has 0 bridgehead atoms. The van der Waals surface area contributed by atoms with Gasteiger partial charge in [-0.3, -0.25) is 0 Å². The summed E-state index contributed by atoms with van der Waals surface area (Å²) in [5.74, 6) is 1.48. The molecule has 2 atom stereocenters. The van der Waals surface area contributed by atoms with Crippen molar-refractivity contribution < 1.29 is 5.11 Å². The summed E-state index contributed by atoms with van der Waals surface area (Å²) in [6, 6.07) is 4.23. The van der Waals surface area contributed by atoms with E-state index in [4.69, 9.17) is 0 Å². The summed E-state index contributed by atoms with van der Waals surface area (Å²) in [5, 5.41) is 12.8. The second kappa shape index (κ2) is 5.53. The highest BCUT2D eigenvalue weighted by molar-refractivity contribution is 7.09. The van der Waals surface area contributed by atoms with Crippen LogP contribution in [0, 0.1) is 11.8 Å². The lowest BCUT2D eigenvalue weighted by Crippen LogP contribution is -2.37. The molecule has 2 heteroatoms. The molecule has 17 heavy (non-hydrogen) atoms. The molecule has 1 aliphatic carbocycles. The van der Waals surface area contributed by atoms with E-state index in [2.05, 4.69) is 31.4 Å². The average Bonchev–Trinajstić information content (AvgIpc) is 2.68. The van der Waals surface area contributed by atoms with Crippen molar-refractivity contribution in [1.82, 2.24) is 0 Å². The molecule has 0 spiro atoms. The molecule has 1 aromatic rings. The zero-order chi connectivity index (χ0) is 12.3. The van der Waals surface area contributed by atoms with Crippen LogP contribution in [0.2, 0.25) is 0 Å². The summed E-state index contributed by atoms with van der Waals surface area (Å²) in [6.45, 7) is 4.57. The molecular formula is C15H24OS. The molecule has 2 unspecified atom stereocenters. The largest absolute Gasteiger partial charge is 0.390 e. The monoisotopic (exact) mass is 252 g/mol. The first-order valence-electron chi connectivity index (χ1n) is 6.82. The summed E-state index contributed by atoms with van der Waals surface area (Å²) in [7, 11) is 0. The van der Waals surface area contributed by atoms with Crippen molar-refractivity contribution in [3.8, 4) is 0 Å². The number of rotatable bonds is 4. The Labute approximate surface area is 109 Å². The van der Waals surface area contributed by atoms with Crippen LogP contribution < -0.4 is 0 Å². The number of hydrogen-bond donors (Lipinski definition) is 1. The van der Waals surface area contributed by atoms with Crippen LogP contribution in [0.5, 0.6) is 0 Å². The Balaban J connectivity index is 1.94. The third kappa shape index (κ3) is 3.82. The molecule has 0 saturated heterocycles. The van der Waals surface area contributed by atoms with Crippen LogP contribution in [0.25, 0.3) is 0 Å². The minimum Gasteiger partial charge on any atom is -0.390 e. The highest BCUT2D eigenvalue weighted by atomic mass is 32.1. The second-order valence-electron chi connectivity index (χ2n) is 6.07. The highest BCUT2D eigenvalue weighted by Crippen LogP contribution is 2.38. The van der Waals surface area contributed by atoms with Crippen LogP contribution in [0.3, 0.4) is 0 Å². The lowest BCUT2D eigenvalue weighted by Gasteiger charge is -2.37. The van der Waals surface area contributed by atoms with Crippen LogP contribution in [-0.2, 0) is 6.42 Å². The Bertz CT molecular complexity index is 331. The molecule has 0 amide bonds. The minimum absolute atomic E-state index is 0.428. The fraction of sp³-hybridized carbons (Fsp3) is 0.733. The van der Waals surface area contributed by atoms with Crippen LogP contribution in [0.1, 0.15) is 50.8 Å². The van der Waals surface area contributed by atoms with Crippen molar-refractivity contribution >= 4 is 11.3 Å². The quantitative estimate of drug-likeness (QED) is 0.849. The molecule has 1 heterocycles. The van der Waals surface area contributed by atoms with E-state index in [-0.39, 0.29) is 0 Å². The van der Waals surface area contributed by atoms with Gasteiger partial charge in [0.25, 0.3) is 0 Å². The molecule has 1 aromatic heterocycles. The summed E-state index contributed by atoms with van der Waals surface area (Å²) >= 11 is 1.77. The maximum Gasteiger partial charge on any atom is 0.0698 e. The van der Waals surface area contributed by atoms with Gasteiger partial charge in [0.15, 0.2) is 0 Å². The van der Waals surface area contributed by atoms with Crippen LogP contribution >= 0.6 is 11.3 Å². The maximum absolute atomic E-state index is 10.7. The molecule has 96 valence electrons. The molecule has 0 aliphatic heterocycles. The predicted octanol–water partition coefficient (Wildman–Crippen LogP) is 4.26. The topological polar surface area (TPSA) is 20.2 Å². The Morgan fingerprint density at radius 1 is 1.53 bits per heavy atom. The van der Waals surface area contributed by atoms with E-state index < -0.39 is 5.60 Å². The van der Waals surface area contributed by atoms with E-state index in [0.29, 0.717) is 0 Å². The summed E-state index contributed by atoms with van der Waals surface area (Å²) in [5.41, 5.74) is -0.428. The van der Waals surface area contributed by atoms with Gasteiger partial charge in [0.05, 0.1) is 5.60 Å². The minimum atomic E-state index is -0.428. The van der Waals surface area contributed by atoms with Crippen molar-refractivity contribution in [2.45, 2.75) is 58.0 Å². The van der Waals surface area contributed by atoms with E-state index in [0.717, 1.165) is 31.1 Å². The first kappa shape index (κ1) is 13.1. The third-order valence-electron chi connectivity index (χ3n) is 3.81. The van der Waals surface area contributed by atoms with Gasteiger partial charge in [0, 0.05) is 11.3 Å². The molecule has 1 fully saturated rings. The zero-order valence-corrected chi connectivity index (χ0v) is 11.8. The second-order valence-corrected chi connectivity index (χ2v) is 7.10. The maximum atomic E-state index is 10.7. The Kier molecular flexibility index (Phi) is 4.26. The molecule has 1 aliphatic rings. The number of aliphatic hydroxyl groups is 1. The Morgan fingerprint density at radius 2 is 2.35 bits per heavy atom. The average molecular weight is 252 g/mol. The normalized spacial score (nSPS) is 29.8. The third-order valence-corrected chi connectivity index (χ3v) is 4.69. The van der Waals surface area contributed by atoms with Crippen LogP contribution in [0.4, 0.5) is 0 Å². The van der Waals surface area contributed by atoms with Gasteiger partial charge in [-0.25, -0.2) is 0 Å². The molecule has 0 radical (unpaired) electrons. The molecule has 1 saturated carbocycles. The number of thiophene rings is 1. The van der Waals surface area contributed by atoms with E-state index >= 15 is 0 Å². The van der Waals surface area contributed by atoms with E-state index in [9.17, 15) is 5.11 Å². The van der Waals surface area contributed by atoms with Crippen molar-refractivity contribution in [2.24, 2.45) is 11.8 Å². The fourth-order valence-electron chi connectivity index (χ4n) is 3.23. The van der Waals surface area contributed by atoms with Gasteiger partial charge >= 0.3 is 0 Å². The zero-order valence-electron chi connectivity index (χ0n) is 11.0. The van der Waals surface area contributed by atoms with Gasteiger partial charge in [-0.2, -0.15) is 0 Å². The highest BCUT2D eigenvalue weighted by Gasteiger charge is 2.34. The Hall–Kier alpha value is -0.340. The lowest BCUT2D eigenvalue weighted by atomic mass is 9.73. The Morgan fingerprint density at radius 3 is 3.00 bits per heavy atom. The van der Waals surface area contributed by atoms with Gasteiger partial charge in [0.1, 0.15) is 0 Å². The number of hydrogen-bond acceptors (Lipinski definition) is 2. The van der Waals surface area contributed by atoms with E-state index in [1.807, 2.05) is 0 Å². The summed E-state index contributed by atoms with van der Waals surface area (Å²) in [6.07, 6.45) is 6.62. The summed E-state index contributed by atoms with van der Waals surface area (Å²) in [4.78, 5) is 1.33. The first-order chi connectivity index (χ1) is 8.07. The van der Waals surface area contributed by atoms with Crippen LogP contribution in [-0.4, -0.2) is 10.7 Å². The van der Waals surface area contributed by atoms with Gasteiger partial charge in [-0.15, -0.1) is 11.3 Å². The lowest BCUT2D eigenvalue weighted by molar-refractivity contribution is -0.0183. The van der Waals surface area contributed by atoms with Crippen LogP contribution in [0.15, 0.2) is 17.5 Å². The van der Waals surface area contributed by atoms with E-state index in [1.165, 1.54) is 24.1 Å². The smallest absolute Gasteiger partial charge is 0.0698 e. The van der Waals surface area contributed by atoms with Gasteiger partial charge < -0.3 is 5.11 Å². The molecule has 1 N–H and O–H groups in total. The SMILES string of the molecule is CC(C)CC1CCCC(O)(Cc2cccs2)C1. The first-order valence-corrected chi connectivity index (χ1v) is 7.70. The predicted molar refractivity (Wildman–Crippen MR) is 74.4 cm³/mol. The van der Waals surface area contributed by atoms with Crippen molar-refractivity contribution in [3.63, 3.8) is 0 Å². The fourth-order valence-corrected chi connectivity index (χ4v) is 4.07. The van der Waals surface area contributed by atoms with Crippen molar-refractivity contribution in [3.05, 3.63) is 22.4 Å². The van der Waals surface area contributed by atoms with Crippen molar-refractivity contribution in [1.29, 1.82) is 0 Å². The van der Waals surface area contributed by atoms with Gasteiger partial charge in [-0.05, 0) is 42.5 Å². The molecule has 0 aromatic carbocycles. The van der Waals surface area contributed by atoms with E-state index in [1.54, 1.807) is 11.3 Å². The molecule has 1 nitrogen and oxygen atoms in total. The molecule has 2 rings (SSSR count). The van der Waals surface area contributed by atoms with Gasteiger partial charge in [0.2, 0.25) is 0 Å². The molecular weight excluding hydrogens is 228 g/mol. The van der Waals surface area contributed by atoms with Crippen molar-refractivity contribution in [2.75, 3.05) is 0 Å². The standard InChI is InChI=1S/C15H24OS/c1-12(2)9-13-5-3-7-15(16,10-13)11-14-6-4-8-17-14/h4,6,8,12-13,16H,3,5,7,9-11H2,1-2H3. The summed E-state index contributed by atoms with van der Waals surface area (Å²) < 4.78 is 0.